The summed E-state index contributed by atoms with van der Waals surface area (Å²) in [6, 6.07) is 6.11. The van der Waals surface area contributed by atoms with Gasteiger partial charge in [-0.05, 0) is 18.2 Å². The van der Waals surface area contributed by atoms with Crippen LogP contribution in [0, 0.1) is 11.6 Å². The number of hydrogen-bond donors (Lipinski definition) is 2. The largest absolute Gasteiger partial charge is 0.368 e. The van der Waals surface area contributed by atoms with E-state index in [2.05, 4.69) is 20.2 Å². The predicted molar refractivity (Wildman–Crippen MR) is 75.6 cm³/mol. The molecule has 8 heteroatoms. The molecule has 0 saturated heterocycles. The summed E-state index contributed by atoms with van der Waals surface area (Å²) in [5.74, 6) is -1.71. The van der Waals surface area contributed by atoms with E-state index >= 15 is 0 Å². The Kier molecular flexibility index (Phi) is 3.34. The lowest BCUT2D eigenvalue weighted by Gasteiger charge is -2.10. The Morgan fingerprint density at radius 1 is 1.09 bits per heavy atom. The van der Waals surface area contributed by atoms with Gasteiger partial charge in [-0.3, -0.25) is 4.79 Å². The lowest BCUT2D eigenvalue weighted by molar-refractivity contribution is 0.588. The minimum atomic E-state index is -0.788. The molecule has 0 amide bonds. The number of aromatic amines is 1. The molecule has 3 N–H and O–H groups in total. The van der Waals surface area contributed by atoms with E-state index < -0.39 is 17.2 Å². The van der Waals surface area contributed by atoms with Crippen LogP contribution in [0.4, 0.5) is 14.7 Å². The number of rotatable bonds is 2. The van der Waals surface area contributed by atoms with E-state index in [9.17, 15) is 13.6 Å². The molecule has 1 aromatic carbocycles. The van der Waals surface area contributed by atoms with E-state index in [1.165, 1.54) is 24.4 Å². The van der Waals surface area contributed by atoms with Gasteiger partial charge in [-0.1, -0.05) is 6.07 Å². The quantitative estimate of drug-likeness (QED) is 0.751. The molecule has 0 spiro atoms. The normalized spacial score (nSPS) is 10.6. The van der Waals surface area contributed by atoms with Crippen molar-refractivity contribution in [3.05, 3.63) is 58.5 Å². The molecule has 3 aromatic rings. The van der Waals surface area contributed by atoms with Crippen molar-refractivity contribution < 1.29 is 8.78 Å². The molecule has 0 bridgehead atoms. The molecule has 110 valence electrons. The van der Waals surface area contributed by atoms with Gasteiger partial charge in [0.15, 0.2) is 0 Å². The van der Waals surface area contributed by atoms with Crippen LogP contribution in [-0.4, -0.2) is 20.2 Å². The van der Waals surface area contributed by atoms with Crippen molar-refractivity contribution in [3.8, 4) is 22.5 Å². The maximum Gasteiger partial charge on any atom is 0.264 e. The Morgan fingerprint density at radius 3 is 2.45 bits per heavy atom. The summed E-state index contributed by atoms with van der Waals surface area (Å²) in [6.07, 6.45) is 1.30. The molecule has 0 unspecified atom stereocenters. The van der Waals surface area contributed by atoms with Gasteiger partial charge in [0.2, 0.25) is 5.95 Å². The highest BCUT2D eigenvalue weighted by molar-refractivity contribution is 5.79. The van der Waals surface area contributed by atoms with Gasteiger partial charge in [0.25, 0.3) is 5.56 Å². The van der Waals surface area contributed by atoms with Crippen LogP contribution in [0.2, 0.25) is 0 Å². The molecule has 0 aliphatic heterocycles. The van der Waals surface area contributed by atoms with Gasteiger partial charge in [0.05, 0.1) is 17.0 Å². The molecule has 0 aliphatic rings. The maximum atomic E-state index is 14.0. The number of anilines is 1. The number of hydrogen-bond acceptors (Lipinski definition) is 5. The van der Waals surface area contributed by atoms with Gasteiger partial charge in [-0.15, -0.1) is 0 Å². The fourth-order valence-corrected chi connectivity index (χ4v) is 1.99. The molecule has 2 aromatic heterocycles. The molecule has 0 fully saturated rings. The molecule has 0 atom stereocenters. The number of halogens is 2. The minimum Gasteiger partial charge on any atom is -0.368 e. The van der Waals surface area contributed by atoms with Crippen molar-refractivity contribution >= 4 is 5.95 Å². The topological polar surface area (TPSA) is 97.5 Å². The van der Waals surface area contributed by atoms with Gasteiger partial charge in [-0.25, -0.2) is 23.8 Å². The van der Waals surface area contributed by atoms with Gasteiger partial charge >= 0.3 is 0 Å². The third-order valence-corrected chi connectivity index (χ3v) is 2.96. The highest BCUT2D eigenvalue weighted by Crippen LogP contribution is 2.32. The summed E-state index contributed by atoms with van der Waals surface area (Å²) >= 11 is 0. The van der Waals surface area contributed by atoms with Crippen LogP contribution in [0.3, 0.4) is 0 Å². The van der Waals surface area contributed by atoms with E-state index in [0.717, 1.165) is 12.1 Å². The van der Waals surface area contributed by atoms with Crippen molar-refractivity contribution in [1.29, 1.82) is 0 Å². The number of nitrogen functional groups attached to an aromatic ring is 1. The van der Waals surface area contributed by atoms with E-state index in [4.69, 9.17) is 5.73 Å². The maximum absolute atomic E-state index is 14.0. The van der Waals surface area contributed by atoms with Gasteiger partial charge < -0.3 is 5.73 Å². The first-order chi connectivity index (χ1) is 10.6. The predicted octanol–water partition coefficient (Wildman–Crippen LogP) is 1.75. The standard InChI is InChI=1S/C14H9F2N5O/c15-8-2-1-3-9(16)12(8)13-7(6-18-14(17)19-13)10-4-5-11(22)21-20-10/h1-6H,(H,21,22)(H2,17,18,19). The number of nitrogens with one attached hydrogen (secondary N) is 1. The summed E-state index contributed by atoms with van der Waals surface area (Å²) < 4.78 is 28.0. The Balaban J connectivity index is 2.30. The van der Waals surface area contributed by atoms with Crippen molar-refractivity contribution in [2.24, 2.45) is 0 Å². The summed E-state index contributed by atoms with van der Waals surface area (Å²) in [5, 5.41) is 6.06. The van der Waals surface area contributed by atoms with Crippen molar-refractivity contribution in [3.63, 3.8) is 0 Å². The number of nitrogens with two attached hydrogens (primary N) is 1. The first-order valence-corrected chi connectivity index (χ1v) is 6.19. The monoisotopic (exact) mass is 301 g/mol. The van der Waals surface area contributed by atoms with E-state index in [0.29, 0.717) is 0 Å². The zero-order chi connectivity index (χ0) is 15.7. The average Bonchev–Trinajstić information content (AvgIpc) is 2.48. The fourth-order valence-electron chi connectivity index (χ4n) is 1.99. The molecule has 2 heterocycles. The third-order valence-electron chi connectivity index (χ3n) is 2.96. The molecular weight excluding hydrogens is 292 g/mol. The number of H-pyrrole nitrogens is 1. The van der Waals surface area contributed by atoms with Crippen molar-refractivity contribution in [2.45, 2.75) is 0 Å². The lowest BCUT2D eigenvalue weighted by atomic mass is 10.0. The van der Waals surface area contributed by atoms with E-state index in [1.54, 1.807) is 0 Å². The first kappa shape index (κ1) is 13.8. The zero-order valence-electron chi connectivity index (χ0n) is 11.0. The summed E-state index contributed by atoms with van der Waals surface area (Å²) in [4.78, 5) is 18.8. The second kappa shape index (κ2) is 5.32. The lowest BCUT2D eigenvalue weighted by Crippen LogP contribution is -2.07. The van der Waals surface area contributed by atoms with E-state index in [-0.39, 0.29) is 28.5 Å². The molecule has 3 rings (SSSR count). The molecule has 22 heavy (non-hydrogen) atoms. The van der Waals surface area contributed by atoms with Crippen LogP contribution < -0.4 is 11.3 Å². The molecule has 0 radical (unpaired) electrons. The first-order valence-electron chi connectivity index (χ1n) is 6.19. The Hall–Kier alpha value is -3.16. The number of nitrogens with zero attached hydrogens (tertiary/aromatic N) is 3. The van der Waals surface area contributed by atoms with Crippen LogP contribution in [0.25, 0.3) is 22.5 Å². The van der Waals surface area contributed by atoms with Crippen molar-refractivity contribution in [2.75, 3.05) is 5.73 Å². The summed E-state index contributed by atoms with van der Waals surface area (Å²) in [5.41, 5.74) is 5.25. The number of benzene rings is 1. The van der Waals surface area contributed by atoms with Crippen LogP contribution >= 0.6 is 0 Å². The van der Waals surface area contributed by atoms with Crippen molar-refractivity contribution in [1.82, 2.24) is 20.2 Å². The third kappa shape index (κ3) is 2.41. The second-order valence-electron chi connectivity index (χ2n) is 4.39. The van der Waals surface area contributed by atoms with Gasteiger partial charge in [0.1, 0.15) is 11.6 Å². The smallest absolute Gasteiger partial charge is 0.264 e. The average molecular weight is 301 g/mol. The zero-order valence-corrected chi connectivity index (χ0v) is 11.0. The SMILES string of the molecule is Nc1ncc(-c2ccc(=O)[nH]n2)c(-c2c(F)cccc2F)n1. The van der Waals surface area contributed by atoms with Crippen LogP contribution in [0.5, 0.6) is 0 Å². The molecule has 6 nitrogen and oxygen atoms in total. The highest BCUT2D eigenvalue weighted by Gasteiger charge is 2.19. The number of aromatic nitrogens is 4. The highest BCUT2D eigenvalue weighted by atomic mass is 19.1. The van der Waals surface area contributed by atoms with Crippen LogP contribution in [0.15, 0.2) is 41.3 Å². The van der Waals surface area contributed by atoms with Crippen LogP contribution in [-0.2, 0) is 0 Å². The summed E-state index contributed by atoms with van der Waals surface area (Å²) in [6.45, 7) is 0. The summed E-state index contributed by atoms with van der Waals surface area (Å²) in [7, 11) is 0. The second-order valence-corrected chi connectivity index (χ2v) is 4.39. The fraction of sp³-hybridized carbons (Fsp3) is 0. The van der Waals surface area contributed by atoms with Crippen LogP contribution in [0.1, 0.15) is 0 Å². The Bertz CT molecular complexity index is 869. The van der Waals surface area contributed by atoms with E-state index in [1.807, 2.05) is 0 Å². The molecular formula is C14H9F2N5O. The Morgan fingerprint density at radius 2 is 1.82 bits per heavy atom. The van der Waals surface area contributed by atoms with Gasteiger partial charge in [-0.2, -0.15) is 5.10 Å². The molecule has 0 aliphatic carbocycles. The van der Waals surface area contributed by atoms with Gasteiger partial charge in [0, 0.05) is 17.8 Å². The minimum absolute atomic E-state index is 0.0392. The molecule has 0 saturated carbocycles. The Labute approximate surface area is 122 Å².